The second-order valence-electron chi connectivity index (χ2n) is 9.11. The van der Waals surface area contributed by atoms with Crippen LogP contribution in [0.15, 0.2) is 0 Å². The van der Waals surface area contributed by atoms with Gasteiger partial charge in [0.25, 0.3) is 0 Å². The van der Waals surface area contributed by atoms with Crippen molar-refractivity contribution in [3.8, 4) is 0 Å². The van der Waals surface area contributed by atoms with E-state index in [2.05, 4.69) is 6.92 Å². The Hall–Kier alpha value is -1.30. The van der Waals surface area contributed by atoms with Gasteiger partial charge in [0.15, 0.2) is 12.4 Å². The number of carbonyl (C=O) groups is 2. The molecular formula is C25H46O10. The van der Waals surface area contributed by atoms with Crippen molar-refractivity contribution in [3.05, 3.63) is 0 Å². The molecule has 0 spiro atoms. The number of rotatable bonds is 19. The molecule has 1 saturated heterocycles. The van der Waals surface area contributed by atoms with Crippen molar-refractivity contribution in [2.24, 2.45) is 0 Å². The van der Waals surface area contributed by atoms with E-state index < -0.39 is 55.4 Å². The van der Waals surface area contributed by atoms with Crippen molar-refractivity contribution in [2.45, 2.75) is 128 Å². The summed E-state index contributed by atoms with van der Waals surface area (Å²) >= 11 is 0. The molecule has 4 N–H and O–H groups in total. The zero-order chi connectivity index (χ0) is 26.1. The summed E-state index contributed by atoms with van der Waals surface area (Å²) in [5, 5.41) is 39.1. The van der Waals surface area contributed by atoms with E-state index in [-0.39, 0.29) is 26.1 Å². The average Bonchev–Trinajstić information content (AvgIpc) is 2.86. The molecule has 206 valence electrons. The monoisotopic (exact) mass is 506 g/mol. The fraction of sp³-hybridized carbons (Fsp3) is 0.920. The number of ether oxygens (including phenoxy) is 4. The molecule has 0 aliphatic carbocycles. The van der Waals surface area contributed by atoms with Crippen molar-refractivity contribution >= 4 is 11.9 Å². The molecule has 0 unspecified atom stereocenters. The van der Waals surface area contributed by atoms with Gasteiger partial charge < -0.3 is 39.4 Å². The maximum Gasteiger partial charge on any atom is 0.306 e. The Morgan fingerprint density at radius 3 is 1.97 bits per heavy atom. The highest BCUT2D eigenvalue weighted by atomic mass is 16.7. The standard InChI is InChI=1S/C25H46O10/c1-3-5-6-7-8-9-10-11-12-13-14-21(28)34-18(16-32-20(27)4-2)17-33-25-24(31)23(30)22(29)19(15-26)35-25/h18-19,22-26,29-31H,3-17H2,1-2H3/t18-,19-,22+,23+,24-,25-/m1/s1. The second-order valence-corrected chi connectivity index (χ2v) is 9.11. The molecule has 10 nitrogen and oxygen atoms in total. The second kappa shape index (κ2) is 18.9. The lowest BCUT2D eigenvalue weighted by Gasteiger charge is -2.39. The van der Waals surface area contributed by atoms with Crippen molar-refractivity contribution in [2.75, 3.05) is 19.8 Å². The summed E-state index contributed by atoms with van der Waals surface area (Å²) in [6, 6.07) is 0. The fourth-order valence-corrected chi connectivity index (χ4v) is 3.81. The lowest BCUT2D eigenvalue weighted by atomic mass is 9.99. The summed E-state index contributed by atoms with van der Waals surface area (Å²) in [5.74, 6) is -0.909. The zero-order valence-corrected chi connectivity index (χ0v) is 21.3. The van der Waals surface area contributed by atoms with Gasteiger partial charge in [-0.3, -0.25) is 9.59 Å². The molecule has 0 aromatic carbocycles. The largest absolute Gasteiger partial charge is 0.462 e. The summed E-state index contributed by atoms with van der Waals surface area (Å²) in [4.78, 5) is 23.8. The summed E-state index contributed by atoms with van der Waals surface area (Å²) in [5.41, 5.74) is 0. The van der Waals surface area contributed by atoms with Crippen molar-refractivity contribution < 1.29 is 49.0 Å². The molecule has 0 saturated carbocycles. The quantitative estimate of drug-likeness (QED) is 0.151. The van der Waals surface area contributed by atoms with Crippen LogP contribution in [0.1, 0.15) is 90.9 Å². The number of unbranched alkanes of at least 4 members (excludes halogenated alkanes) is 9. The van der Waals surface area contributed by atoms with Gasteiger partial charge in [-0.25, -0.2) is 0 Å². The molecule has 0 amide bonds. The van der Waals surface area contributed by atoms with Crippen molar-refractivity contribution in [3.63, 3.8) is 0 Å². The van der Waals surface area contributed by atoms with E-state index in [0.717, 1.165) is 19.3 Å². The van der Waals surface area contributed by atoms with E-state index >= 15 is 0 Å². The number of aliphatic hydroxyl groups is 4. The van der Waals surface area contributed by atoms with Crippen LogP contribution in [0.25, 0.3) is 0 Å². The molecule has 10 heteroatoms. The summed E-state index contributed by atoms with van der Waals surface area (Å²) < 4.78 is 21.2. The molecule has 1 fully saturated rings. The van der Waals surface area contributed by atoms with Gasteiger partial charge in [-0.1, -0.05) is 71.6 Å². The highest BCUT2D eigenvalue weighted by Gasteiger charge is 2.44. The van der Waals surface area contributed by atoms with Crippen LogP contribution in [-0.2, 0) is 28.5 Å². The zero-order valence-electron chi connectivity index (χ0n) is 21.3. The number of aliphatic hydroxyl groups excluding tert-OH is 4. The minimum atomic E-state index is -1.58. The number of esters is 2. The Balaban J connectivity index is 2.40. The molecule has 35 heavy (non-hydrogen) atoms. The molecule has 0 aromatic rings. The van der Waals surface area contributed by atoms with Crippen molar-refractivity contribution in [1.82, 2.24) is 0 Å². The summed E-state index contributed by atoms with van der Waals surface area (Å²) in [7, 11) is 0. The van der Waals surface area contributed by atoms with E-state index in [4.69, 9.17) is 18.9 Å². The predicted molar refractivity (Wildman–Crippen MR) is 127 cm³/mol. The topological polar surface area (TPSA) is 152 Å². The van der Waals surface area contributed by atoms with Crippen LogP contribution in [0.5, 0.6) is 0 Å². The Morgan fingerprint density at radius 1 is 0.800 bits per heavy atom. The highest BCUT2D eigenvalue weighted by Crippen LogP contribution is 2.22. The molecule has 1 heterocycles. The Labute approximate surface area is 208 Å². The fourth-order valence-electron chi connectivity index (χ4n) is 3.81. The summed E-state index contributed by atoms with van der Waals surface area (Å²) in [6.45, 7) is 2.75. The van der Waals surface area contributed by atoms with Crippen LogP contribution in [0, 0.1) is 0 Å². The first kappa shape index (κ1) is 31.7. The highest BCUT2D eigenvalue weighted by molar-refractivity contribution is 5.70. The van der Waals surface area contributed by atoms with Crippen LogP contribution in [0.2, 0.25) is 0 Å². The lowest BCUT2D eigenvalue weighted by molar-refractivity contribution is -0.305. The lowest BCUT2D eigenvalue weighted by Crippen LogP contribution is -2.59. The van der Waals surface area contributed by atoms with Gasteiger partial charge in [-0.15, -0.1) is 0 Å². The van der Waals surface area contributed by atoms with E-state index in [1.807, 2.05) is 0 Å². The first-order valence-corrected chi connectivity index (χ1v) is 13.1. The number of hydrogen-bond donors (Lipinski definition) is 4. The van der Waals surface area contributed by atoms with Gasteiger partial charge in [-0.05, 0) is 6.42 Å². The van der Waals surface area contributed by atoms with Gasteiger partial charge in [0.1, 0.15) is 31.0 Å². The third-order valence-corrected chi connectivity index (χ3v) is 6.05. The normalized spacial score (nSPS) is 25.3. The van der Waals surface area contributed by atoms with Gasteiger partial charge in [0, 0.05) is 12.8 Å². The SMILES string of the molecule is CCCCCCCCCCCCC(=O)O[C@H](COC(=O)CC)CO[C@@H]1O[C@H](CO)[C@H](O)[C@H](O)[C@H]1O. The Kier molecular flexibility index (Phi) is 17.1. The first-order chi connectivity index (χ1) is 16.8. The van der Waals surface area contributed by atoms with E-state index in [1.165, 1.54) is 38.5 Å². The van der Waals surface area contributed by atoms with Crippen LogP contribution >= 0.6 is 0 Å². The third kappa shape index (κ3) is 13.0. The van der Waals surface area contributed by atoms with E-state index in [0.29, 0.717) is 6.42 Å². The molecule has 1 aliphatic rings. The van der Waals surface area contributed by atoms with Crippen LogP contribution in [-0.4, -0.2) is 89.0 Å². The average molecular weight is 507 g/mol. The Morgan fingerprint density at radius 2 is 1.40 bits per heavy atom. The smallest absolute Gasteiger partial charge is 0.306 e. The summed E-state index contributed by atoms with van der Waals surface area (Å²) in [6.07, 6.45) is 3.78. The van der Waals surface area contributed by atoms with Gasteiger partial charge in [0.2, 0.25) is 0 Å². The molecule has 0 bridgehead atoms. The van der Waals surface area contributed by atoms with Crippen LogP contribution in [0.3, 0.4) is 0 Å². The van der Waals surface area contributed by atoms with Crippen molar-refractivity contribution in [1.29, 1.82) is 0 Å². The Bertz CT molecular complexity index is 570. The van der Waals surface area contributed by atoms with Gasteiger partial charge in [-0.2, -0.15) is 0 Å². The molecule has 6 atom stereocenters. The predicted octanol–water partition coefficient (Wildman–Crippen LogP) is 1.98. The molecule has 0 radical (unpaired) electrons. The third-order valence-electron chi connectivity index (χ3n) is 6.05. The minimum Gasteiger partial charge on any atom is -0.462 e. The van der Waals surface area contributed by atoms with Crippen LogP contribution < -0.4 is 0 Å². The minimum absolute atomic E-state index is 0.160. The first-order valence-electron chi connectivity index (χ1n) is 13.1. The number of hydrogen-bond acceptors (Lipinski definition) is 10. The molecule has 1 aliphatic heterocycles. The number of carbonyl (C=O) groups excluding carboxylic acids is 2. The molecule has 1 rings (SSSR count). The van der Waals surface area contributed by atoms with E-state index in [1.54, 1.807) is 6.92 Å². The van der Waals surface area contributed by atoms with E-state index in [9.17, 15) is 30.0 Å². The molecule has 0 aromatic heterocycles. The maximum atomic E-state index is 12.3. The maximum absolute atomic E-state index is 12.3. The van der Waals surface area contributed by atoms with Gasteiger partial charge >= 0.3 is 11.9 Å². The van der Waals surface area contributed by atoms with Gasteiger partial charge in [0.05, 0.1) is 13.2 Å². The van der Waals surface area contributed by atoms with Crippen LogP contribution in [0.4, 0.5) is 0 Å². The molecular weight excluding hydrogens is 460 g/mol.